The first kappa shape index (κ1) is 24.8. The van der Waals surface area contributed by atoms with Gasteiger partial charge in [-0.1, -0.05) is 6.07 Å². The van der Waals surface area contributed by atoms with Crippen molar-refractivity contribution < 1.29 is 14.3 Å². The van der Waals surface area contributed by atoms with E-state index in [2.05, 4.69) is 31.6 Å². The molecule has 0 aliphatic carbocycles. The minimum atomic E-state index is -0.221. The molecule has 2 N–H and O–H groups in total. The standard InChI is InChI=1S/C19H29BrN4O3.HI/c1-4-21-18(22-13-14-6-7-17(26-3)16(20)12-14)23-15-8-10-24(11-9-15)19(25)27-5-2;/h6-7,12,15H,4-5,8-11,13H2,1-3H3,(H2,21,22,23);1H. The van der Waals surface area contributed by atoms with Gasteiger partial charge in [0.25, 0.3) is 0 Å². The van der Waals surface area contributed by atoms with E-state index in [0.29, 0.717) is 26.2 Å². The van der Waals surface area contributed by atoms with E-state index < -0.39 is 0 Å². The molecule has 2 rings (SSSR count). The van der Waals surface area contributed by atoms with Gasteiger partial charge in [-0.2, -0.15) is 0 Å². The number of amides is 1. The van der Waals surface area contributed by atoms with Crippen LogP contribution in [0.15, 0.2) is 27.7 Å². The Morgan fingerprint density at radius 3 is 2.61 bits per heavy atom. The summed E-state index contributed by atoms with van der Waals surface area (Å²) < 4.78 is 11.2. The number of hydrogen-bond donors (Lipinski definition) is 2. The first-order chi connectivity index (χ1) is 13.1. The molecule has 1 fully saturated rings. The van der Waals surface area contributed by atoms with Crippen molar-refractivity contribution >= 4 is 52.0 Å². The number of nitrogens with zero attached hydrogens (tertiary/aromatic N) is 2. The van der Waals surface area contributed by atoms with Gasteiger partial charge in [0.2, 0.25) is 0 Å². The summed E-state index contributed by atoms with van der Waals surface area (Å²) in [4.78, 5) is 18.2. The number of halogens is 2. The highest BCUT2D eigenvalue weighted by Crippen LogP contribution is 2.25. The highest BCUT2D eigenvalue weighted by molar-refractivity contribution is 14.0. The second-order valence-electron chi connectivity index (χ2n) is 6.27. The highest BCUT2D eigenvalue weighted by Gasteiger charge is 2.24. The van der Waals surface area contributed by atoms with Crippen molar-refractivity contribution in [3.63, 3.8) is 0 Å². The van der Waals surface area contributed by atoms with Crippen molar-refractivity contribution in [1.82, 2.24) is 15.5 Å². The second-order valence-corrected chi connectivity index (χ2v) is 7.12. The number of guanidine groups is 1. The van der Waals surface area contributed by atoms with Crippen LogP contribution in [0, 0.1) is 0 Å². The lowest BCUT2D eigenvalue weighted by molar-refractivity contribution is 0.0963. The molecule has 0 unspecified atom stereocenters. The number of methoxy groups -OCH3 is 1. The topological polar surface area (TPSA) is 75.2 Å². The fraction of sp³-hybridized carbons (Fsp3) is 0.579. The fourth-order valence-corrected chi connectivity index (χ4v) is 3.50. The van der Waals surface area contributed by atoms with Gasteiger partial charge < -0.3 is 25.0 Å². The summed E-state index contributed by atoms with van der Waals surface area (Å²) in [6.07, 6.45) is 1.52. The number of ether oxygens (including phenoxy) is 2. The molecule has 1 aliphatic heterocycles. The van der Waals surface area contributed by atoms with Gasteiger partial charge in [0.1, 0.15) is 5.75 Å². The number of piperidine rings is 1. The van der Waals surface area contributed by atoms with Gasteiger partial charge in [-0.05, 0) is 60.3 Å². The summed E-state index contributed by atoms with van der Waals surface area (Å²) in [6, 6.07) is 6.24. The Kier molecular flexibility index (Phi) is 11.6. The summed E-state index contributed by atoms with van der Waals surface area (Å²) in [5.41, 5.74) is 1.09. The molecule has 1 aromatic carbocycles. The van der Waals surface area contributed by atoms with Gasteiger partial charge in [-0.3, -0.25) is 0 Å². The van der Waals surface area contributed by atoms with Gasteiger partial charge in [0.05, 0.1) is 24.7 Å². The number of nitrogens with one attached hydrogen (secondary N) is 2. The van der Waals surface area contributed by atoms with Crippen LogP contribution in [0.1, 0.15) is 32.3 Å². The predicted molar refractivity (Wildman–Crippen MR) is 126 cm³/mol. The molecular formula is C19H30BrIN4O3. The molecule has 1 saturated heterocycles. The molecule has 0 saturated carbocycles. The lowest BCUT2D eigenvalue weighted by atomic mass is 10.1. The average molecular weight is 569 g/mol. The Bertz CT molecular complexity index is 652. The summed E-state index contributed by atoms with van der Waals surface area (Å²) in [7, 11) is 1.65. The average Bonchev–Trinajstić information content (AvgIpc) is 2.67. The highest BCUT2D eigenvalue weighted by atomic mass is 127. The summed E-state index contributed by atoms with van der Waals surface area (Å²) >= 11 is 3.51. The molecule has 0 radical (unpaired) electrons. The van der Waals surface area contributed by atoms with Crippen molar-refractivity contribution in [1.29, 1.82) is 0 Å². The fourth-order valence-electron chi connectivity index (χ4n) is 2.91. The zero-order valence-corrected chi connectivity index (χ0v) is 20.6. The third-order valence-corrected chi connectivity index (χ3v) is 4.96. The van der Waals surface area contributed by atoms with Crippen LogP contribution in [0.25, 0.3) is 0 Å². The number of likely N-dealkylation sites (tertiary alicyclic amines) is 1. The van der Waals surface area contributed by atoms with Gasteiger partial charge in [-0.15, -0.1) is 24.0 Å². The maximum atomic E-state index is 11.8. The lowest BCUT2D eigenvalue weighted by Crippen LogP contribution is -2.49. The van der Waals surface area contributed by atoms with E-state index in [1.807, 2.05) is 32.0 Å². The molecule has 1 amide bonds. The minimum Gasteiger partial charge on any atom is -0.496 e. The number of rotatable bonds is 6. The Morgan fingerprint density at radius 1 is 1.32 bits per heavy atom. The second kappa shape index (κ2) is 13.1. The van der Waals surface area contributed by atoms with Crippen molar-refractivity contribution in [2.75, 3.05) is 33.4 Å². The van der Waals surface area contributed by atoms with E-state index in [0.717, 1.165) is 41.1 Å². The van der Waals surface area contributed by atoms with Crippen LogP contribution in [0.3, 0.4) is 0 Å². The summed E-state index contributed by atoms with van der Waals surface area (Å²) in [5.74, 6) is 1.60. The number of carbonyl (C=O) groups excluding carboxylic acids is 1. The predicted octanol–water partition coefficient (Wildman–Crippen LogP) is 3.75. The van der Waals surface area contributed by atoms with Crippen LogP contribution >= 0.6 is 39.9 Å². The molecule has 1 aliphatic rings. The van der Waals surface area contributed by atoms with Gasteiger partial charge in [0, 0.05) is 25.7 Å². The molecule has 0 spiro atoms. The van der Waals surface area contributed by atoms with Crippen LogP contribution in [0.2, 0.25) is 0 Å². The van der Waals surface area contributed by atoms with Gasteiger partial charge >= 0.3 is 6.09 Å². The van der Waals surface area contributed by atoms with Crippen LogP contribution in [-0.2, 0) is 11.3 Å². The summed E-state index contributed by atoms with van der Waals surface area (Å²) in [5, 5.41) is 6.77. The van der Waals surface area contributed by atoms with Crippen LogP contribution in [0.5, 0.6) is 5.75 Å². The molecule has 28 heavy (non-hydrogen) atoms. The number of aliphatic imine (C=N–C) groups is 1. The van der Waals surface area contributed by atoms with E-state index >= 15 is 0 Å². The monoisotopic (exact) mass is 568 g/mol. The van der Waals surface area contributed by atoms with Crippen LogP contribution in [0.4, 0.5) is 4.79 Å². The third-order valence-electron chi connectivity index (χ3n) is 4.34. The molecule has 1 aromatic rings. The SMILES string of the molecule is CCNC(=NCc1ccc(OC)c(Br)c1)NC1CCN(C(=O)OCC)CC1.I. The molecule has 158 valence electrons. The Labute approximate surface area is 192 Å². The van der Waals surface area contributed by atoms with Gasteiger partial charge in [-0.25, -0.2) is 9.79 Å². The lowest BCUT2D eigenvalue weighted by Gasteiger charge is -2.32. The first-order valence-corrected chi connectivity index (χ1v) is 10.2. The van der Waals surface area contributed by atoms with Crippen LogP contribution in [-0.4, -0.2) is 56.3 Å². The van der Waals surface area contributed by atoms with E-state index in [4.69, 9.17) is 9.47 Å². The molecule has 0 bridgehead atoms. The van der Waals surface area contributed by atoms with E-state index in [9.17, 15) is 4.79 Å². The Hall–Kier alpha value is -1.23. The van der Waals surface area contributed by atoms with E-state index in [1.165, 1.54) is 0 Å². The molecular weight excluding hydrogens is 539 g/mol. The van der Waals surface area contributed by atoms with Gasteiger partial charge in [0.15, 0.2) is 5.96 Å². The van der Waals surface area contributed by atoms with Crippen molar-refractivity contribution in [3.8, 4) is 5.75 Å². The van der Waals surface area contributed by atoms with Crippen molar-refractivity contribution in [3.05, 3.63) is 28.2 Å². The zero-order valence-electron chi connectivity index (χ0n) is 16.7. The first-order valence-electron chi connectivity index (χ1n) is 9.36. The number of carbonyl (C=O) groups is 1. The largest absolute Gasteiger partial charge is 0.496 e. The molecule has 7 nitrogen and oxygen atoms in total. The Balaban J connectivity index is 0.00000392. The smallest absolute Gasteiger partial charge is 0.409 e. The summed E-state index contributed by atoms with van der Waals surface area (Å²) in [6.45, 7) is 7.04. The number of hydrogen-bond acceptors (Lipinski definition) is 4. The van der Waals surface area contributed by atoms with E-state index in [1.54, 1.807) is 12.0 Å². The van der Waals surface area contributed by atoms with Crippen LogP contribution < -0.4 is 15.4 Å². The molecule has 9 heteroatoms. The maximum absolute atomic E-state index is 11.8. The molecule has 0 atom stereocenters. The molecule has 0 aromatic heterocycles. The zero-order chi connectivity index (χ0) is 19.6. The third kappa shape index (κ3) is 7.65. The minimum absolute atomic E-state index is 0. The Morgan fingerprint density at radius 2 is 2.04 bits per heavy atom. The maximum Gasteiger partial charge on any atom is 0.409 e. The quantitative estimate of drug-likeness (QED) is 0.310. The number of benzene rings is 1. The normalized spacial score (nSPS) is 14.9. The van der Waals surface area contributed by atoms with Crippen molar-refractivity contribution in [2.45, 2.75) is 39.3 Å². The molecule has 1 heterocycles. The van der Waals surface area contributed by atoms with E-state index in [-0.39, 0.29) is 36.1 Å². The van der Waals surface area contributed by atoms with Crippen molar-refractivity contribution in [2.24, 2.45) is 4.99 Å².